The van der Waals surface area contributed by atoms with E-state index in [1.807, 2.05) is 61.7 Å². The molecule has 0 aliphatic rings. The lowest BCUT2D eigenvalue weighted by Gasteiger charge is -2.09. The first-order valence-electron chi connectivity index (χ1n) is 9.77. The van der Waals surface area contributed by atoms with Gasteiger partial charge in [0.25, 0.3) is 0 Å². The minimum absolute atomic E-state index is 0.155. The summed E-state index contributed by atoms with van der Waals surface area (Å²) in [4.78, 5) is 4.82. The lowest BCUT2D eigenvalue weighted by atomic mass is 10.2. The highest BCUT2D eigenvalue weighted by molar-refractivity contribution is 7.91. The van der Waals surface area contributed by atoms with Crippen molar-refractivity contribution in [2.75, 3.05) is 5.32 Å². The molecule has 0 spiro atoms. The summed E-state index contributed by atoms with van der Waals surface area (Å²) in [7, 11) is -3.88. The van der Waals surface area contributed by atoms with E-state index in [4.69, 9.17) is 0 Å². The summed E-state index contributed by atoms with van der Waals surface area (Å²) in [6, 6.07) is 16.6. The number of hydrogen-bond acceptors (Lipinski definition) is 7. The summed E-state index contributed by atoms with van der Waals surface area (Å²) >= 11 is 1.51. The van der Waals surface area contributed by atoms with Crippen LogP contribution in [0.3, 0.4) is 0 Å². The molecule has 7 nitrogen and oxygen atoms in total. The van der Waals surface area contributed by atoms with Crippen LogP contribution < -0.4 is 5.32 Å². The Balaban J connectivity index is 1.68. The zero-order valence-electron chi connectivity index (χ0n) is 16.9. The second-order valence-electron chi connectivity index (χ2n) is 7.22. The van der Waals surface area contributed by atoms with Crippen LogP contribution in [0.4, 0.5) is 11.5 Å². The summed E-state index contributed by atoms with van der Waals surface area (Å²) < 4.78 is 29.0. The minimum Gasteiger partial charge on any atom is -0.339 e. The maximum Gasteiger partial charge on any atom is 0.229 e. The molecule has 0 atom stereocenters. The van der Waals surface area contributed by atoms with E-state index in [2.05, 4.69) is 20.6 Å². The fraction of sp³-hybridized carbons (Fsp3) is 0.136. The highest BCUT2D eigenvalue weighted by Crippen LogP contribution is 2.32. The van der Waals surface area contributed by atoms with Crippen molar-refractivity contribution in [1.29, 1.82) is 0 Å². The lowest BCUT2D eigenvalue weighted by Crippen LogP contribution is -2.05. The van der Waals surface area contributed by atoms with Gasteiger partial charge < -0.3 is 5.32 Å². The largest absolute Gasteiger partial charge is 0.339 e. The summed E-state index contributed by atoms with van der Waals surface area (Å²) in [5.41, 5.74) is 3.99. The first-order valence-corrected chi connectivity index (χ1v) is 12.1. The van der Waals surface area contributed by atoms with Crippen LogP contribution in [0.1, 0.15) is 18.1 Å². The van der Waals surface area contributed by atoms with Gasteiger partial charge in [0.1, 0.15) is 0 Å². The van der Waals surface area contributed by atoms with E-state index in [-0.39, 0.29) is 15.6 Å². The van der Waals surface area contributed by atoms with Gasteiger partial charge in [-0.15, -0.1) is 16.4 Å². The van der Waals surface area contributed by atoms with Gasteiger partial charge in [0.15, 0.2) is 11.5 Å². The average molecular weight is 450 g/mol. The van der Waals surface area contributed by atoms with Gasteiger partial charge in [0, 0.05) is 5.69 Å². The smallest absolute Gasteiger partial charge is 0.229 e. The lowest BCUT2D eigenvalue weighted by molar-refractivity contribution is 0.592. The van der Waals surface area contributed by atoms with Crippen molar-refractivity contribution in [3.63, 3.8) is 0 Å². The maximum atomic E-state index is 13.3. The van der Waals surface area contributed by atoms with Gasteiger partial charge in [-0.3, -0.25) is 0 Å². The number of sulfone groups is 1. The topological polar surface area (TPSA) is 89.2 Å². The molecule has 31 heavy (non-hydrogen) atoms. The van der Waals surface area contributed by atoms with Crippen LogP contribution in [-0.4, -0.2) is 28.2 Å². The van der Waals surface area contributed by atoms with Crippen LogP contribution in [0.2, 0.25) is 0 Å². The standard InChI is InChI=1S/C22H19N5O2S2/c1-3-15-7-9-17(10-8-15)31(28,29)22-21-24-20(23-16-6-4-5-14(2)13-16)19-18(11-12-30-19)27(21)26-25-22/h4-13H,3H2,1-2H3,(H,23,24). The Morgan fingerprint density at radius 3 is 2.65 bits per heavy atom. The van der Waals surface area contributed by atoms with Crippen molar-refractivity contribution in [3.8, 4) is 0 Å². The number of thiophene rings is 1. The van der Waals surface area contributed by atoms with Crippen LogP contribution in [-0.2, 0) is 16.3 Å². The van der Waals surface area contributed by atoms with E-state index in [0.717, 1.165) is 33.5 Å². The Bertz CT molecular complexity index is 1520. The molecule has 0 bridgehead atoms. The van der Waals surface area contributed by atoms with Gasteiger partial charge in [-0.1, -0.05) is 36.4 Å². The molecule has 3 heterocycles. The molecule has 0 aliphatic carbocycles. The molecule has 5 aromatic rings. The molecule has 0 unspecified atom stereocenters. The number of nitrogens with zero attached hydrogens (tertiary/aromatic N) is 4. The first kappa shape index (κ1) is 19.7. The van der Waals surface area contributed by atoms with E-state index in [1.54, 1.807) is 12.1 Å². The molecule has 156 valence electrons. The second-order valence-corrected chi connectivity index (χ2v) is 10.0. The van der Waals surface area contributed by atoms with Gasteiger partial charge in [-0.2, -0.15) is 4.52 Å². The summed E-state index contributed by atoms with van der Waals surface area (Å²) in [6.07, 6.45) is 0.834. The molecule has 0 saturated heterocycles. The molecule has 0 radical (unpaired) electrons. The molecular formula is C22H19N5O2S2. The van der Waals surface area contributed by atoms with Crippen molar-refractivity contribution in [2.45, 2.75) is 30.2 Å². The molecule has 2 aromatic carbocycles. The third kappa shape index (κ3) is 3.35. The predicted molar refractivity (Wildman–Crippen MR) is 122 cm³/mol. The summed E-state index contributed by atoms with van der Waals surface area (Å²) in [6.45, 7) is 4.03. The second kappa shape index (κ2) is 7.44. The Morgan fingerprint density at radius 1 is 1.10 bits per heavy atom. The van der Waals surface area contributed by atoms with Crippen LogP contribution in [0.15, 0.2) is 69.9 Å². The van der Waals surface area contributed by atoms with Gasteiger partial charge in [-0.25, -0.2) is 13.4 Å². The van der Waals surface area contributed by atoms with Crippen molar-refractivity contribution < 1.29 is 8.42 Å². The molecule has 9 heteroatoms. The Hall–Kier alpha value is -3.30. The SMILES string of the molecule is CCc1ccc(S(=O)(=O)c2nnn3c2nc(Nc2cccc(C)c2)c2sccc23)cc1. The number of rotatable bonds is 5. The number of benzene rings is 2. The Morgan fingerprint density at radius 2 is 1.90 bits per heavy atom. The first-order chi connectivity index (χ1) is 15.0. The van der Waals surface area contributed by atoms with Gasteiger partial charge in [-0.05, 0) is 60.2 Å². The number of fused-ring (bicyclic) bond motifs is 3. The molecule has 3 aromatic heterocycles. The van der Waals surface area contributed by atoms with E-state index >= 15 is 0 Å². The highest BCUT2D eigenvalue weighted by Gasteiger charge is 2.27. The normalized spacial score (nSPS) is 11.9. The molecule has 0 saturated carbocycles. The fourth-order valence-electron chi connectivity index (χ4n) is 3.46. The molecular weight excluding hydrogens is 430 g/mol. The molecule has 5 rings (SSSR count). The van der Waals surface area contributed by atoms with Crippen molar-refractivity contribution >= 4 is 48.5 Å². The number of aryl methyl sites for hydroxylation is 2. The van der Waals surface area contributed by atoms with Gasteiger partial charge in [0.05, 0.1) is 15.1 Å². The number of aromatic nitrogens is 4. The van der Waals surface area contributed by atoms with Crippen LogP contribution in [0.25, 0.3) is 15.9 Å². The molecule has 1 N–H and O–H groups in total. The summed E-state index contributed by atoms with van der Waals surface area (Å²) in [5.74, 6) is 0.572. The monoisotopic (exact) mass is 449 g/mol. The zero-order valence-corrected chi connectivity index (χ0v) is 18.5. The third-order valence-electron chi connectivity index (χ3n) is 5.10. The van der Waals surface area contributed by atoms with Gasteiger partial charge >= 0.3 is 0 Å². The number of hydrogen-bond donors (Lipinski definition) is 1. The average Bonchev–Trinajstić information content (AvgIpc) is 3.41. The van der Waals surface area contributed by atoms with E-state index in [1.165, 1.54) is 15.9 Å². The minimum atomic E-state index is -3.88. The van der Waals surface area contributed by atoms with E-state index < -0.39 is 9.84 Å². The van der Waals surface area contributed by atoms with Gasteiger partial charge in [0.2, 0.25) is 14.9 Å². The van der Waals surface area contributed by atoms with Crippen LogP contribution >= 0.6 is 11.3 Å². The van der Waals surface area contributed by atoms with E-state index in [0.29, 0.717) is 5.82 Å². The Kier molecular flexibility index (Phi) is 4.71. The molecule has 0 fully saturated rings. The van der Waals surface area contributed by atoms with Crippen molar-refractivity contribution in [3.05, 3.63) is 71.1 Å². The quantitative estimate of drug-likeness (QED) is 0.415. The third-order valence-corrected chi connectivity index (χ3v) is 7.68. The van der Waals surface area contributed by atoms with E-state index in [9.17, 15) is 8.42 Å². The number of anilines is 2. The fourth-order valence-corrected chi connectivity index (χ4v) is 5.51. The maximum absolute atomic E-state index is 13.3. The van der Waals surface area contributed by atoms with Crippen molar-refractivity contribution in [1.82, 2.24) is 19.8 Å². The zero-order chi connectivity index (χ0) is 21.6. The van der Waals surface area contributed by atoms with Crippen LogP contribution in [0, 0.1) is 6.92 Å². The molecule has 0 aliphatic heterocycles. The van der Waals surface area contributed by atoms with Crippen LogP contribution in [0.5, 0.6) is 0 Å². The molecule has 0 amide bonds. The predicted octanol–water partition coefficient (Wildman–Crippen LogP) is 4.79. The number of nitrogens with one attached hydrogen (secondary N) is 1. The highest BCUT2D eigenvalue weighted by atomic mass is 32.2. The van der Waals surface area contributed by atoms with Crippen molar-refractivity contribution in [2.24, 2.45) is 0 Å². The Labute approximate surface area is 183 Å². The summed E-state index contributed by atoms with van der Waals surface area (Å²) in [5, 5.41) is 13.2.